The van der Waals surface area contributed by atoms with Crippen LogP contribution in [0.25, 0.3) is 0 Å². The van der Waals surface area contributed by atoms with Gasteiger partial charge in [0.1, 0.15) is 11.4 Å². The fourth-order valence-electron chi connectivity index (χ4n) is 2.06. The summed E-state index contributed by atoms with van der Waals surface area (Å²) in [6.07, 6.45) is -3.41. The lowest BCUT2D eigenvalue weighted by Gasteiger charge is -2.26. The Balaban J connectivity index is 3.07. The molecule has 0 aliphatic rings. The van der Waals surface area contributed by atoms with Gasteiger partial charge in [0.05, 0.1) is 12.7 Å². The summed E-state index contributed by atoms with van der Waals surface area (Å²) in [4.78, 5) is 12.2. The number of amides is 1. The highest BCUT2D eigenvalue weighted by atomic mass is 19.4. The highest BCUT2D eigenvalue weighted by Gasteiger charge is 2.36. The van der Waals surface area contributed by atoms with Crippen LogP contribution < -0.4 is 10.1 Å². The molecule has 1 amide bonds. The molecule has 0 aromatic heterocycles. The van der Waals surface area contributed by atoms with Gasteiger partial charge in [0, 0.05) is 12.8 Å². The molecular formula is C15H20F3NO3. The molecular weight excluding hydrogens is 299 g/mol. The summed E-state index contributed by atoms with van der Waals surface area (Å²) in [5.41, 5.74) is -1.99. The highest BCUT2D eigenvalue weighted by molar-refractivity contribution is 5.97. The molecule has 1 N–H and O–H groups in total. The van der Waals surface area contributed by atoms with Crippen molar-refractivity contribution in [3.63, 3.8) is 0 Å². The summed E-state index contributed by atoms with van der Waals surface area (Å²) in [5.74, 6) is -0.788. The normalized spacial score (nSPS) is 14.3. The van der Waals surface area contributed by atoms with E-state index in [0.29, 0.717) is 12.8 Å². The highest BCUT2D eigenvalue weighted by Crippen LogP contribution is 2.37. The van der Waals surface area contributed by atoms with Gasteiger partial charge in [-0.2, -0.15) is 13.2 Å². The monoisotopic (exact) mass is 319 g/mol. The van der Waals surface area contributed by atoms with E-state index in [2.05, 4.69) is 5.32 Å². The SMILES string of the molecule is CCC[C@](C)(OC)C(=O)Nc1ccc(OC)c(C(F)(F)F)c1. The Bertz CT molecular complexity index is 531. The predicted molar refractivity (Wildman–Crippen MR) is 76.9 cm³/mol. The molecule has 0 radical (unpaired) electrons. The van der Waals surface area contributed by atoms with Crippen LogP contribution in [0.4, 0.5) is 18.9 Å². The fraction of sp³-hybridized carbons (Fsp3) is 0.533. The van der Waals surface area contributed by atoms with Crippen molar-refractivity contribution in [2.75, 3.05) is 19.5 Å². The number of hydrogen-bond donors (Lipinski definition) is 1. The van der Waals surface area contributed by atoms with Crippen LogP contribution in [0.15, 0.2) is 18.2 Å². The van der Waals surface area contributed by atoms with E-state index in [4.69, 9.17) is 9.47 Å². The fourth-order valence-corrected chi connectivity index (χ4v) is 2.06. The maximum atomic E-state index is 13.0. The van der Waals surface area contributed by atoms with Crippen LogP contribution in [-0.2, 0) is 15.7 Å². The summed E-state index contributed by atoms with van der Waals surface area (Å²) >= 11 is 0. The number of halogens is 3. The van der Waals surface area contributed by atoms with Gasteiger partial charge < -0.3 is 14.8 Å². The smallest absolute Gasteiger partial charge is 0.420 e. The van der Waals surface area contributed by atoms with E-state index in [-0.39, 0.29) is 11.4 Å². The topological polar surface area (TPSA) is 47.6 Å². The number of carbonyl (C=O) groups is 1. The minimum atomic E-state index is -4.57. The van der Waals surface area contributed by atoms with E-state index >= 15 is 0 Å². The third-order valence-electron chi connectivity index (χ3n) is 3.42. The minimum Gasteiger partial charge on any atom is -0.496 e. The third-order valence-corrected chi connectivity index (χ3v) is 3.42. The first kappa shape index (κ1) is 18.3. The molecule has 0 aliphatic heterocycles. The maximum absolute atomic E-state index is 13.0. The maximum Gasteiger partial charge on any atom is 0.420 e. The largest absolute Gasteiger partial charge is 0.496 e. The van der Waals surface area contributed by atoms with Crippen LogP contribution in [0.3, 0.4) is 0 Å². The molecule has 4 nitrogen and oxygen atoms in total. The number of rotatable bonds is 6. The van der Waals surface area contributed by atoms with E-state index < -0.39 is 23.2 Å². The second-order valence-electron chi connectivity index (χ2n) is 5.05. The molecule has 0 spiro atoms. The van der Waals surface area contributed by atoms with E-state index in [1.807, 2.05) is 6.92 Å². The summed E-state index contributed by atoms with van der Waals surface area (Å²) in [6, 6.07) is 3.37. The molecule has 1 atom stereocenters. The number of ether oxygens (including phenoxy) is 2. The number of methoxy groups -OCH3 is 2. The molecule has 0 unspecified atom stereocenters. The Kier molecular flexibility index (Phi) is 5.82. The molecule has 1 aromatic rings. The second-order valence-corrected chi connectivity index (χ2v) is 5.05. The lowest BCUT2D eigenvalue weighted by molar-refractivity contribution is -0.139. The number of anilines is 1. The zero-order valence-corrected chi connectivity index (χ0v) is 13.0. The first-order valence-electron chi connectivity index (χ1n) is 6.79. The molecule has 22 heavy (non-hydrogen) atoms. The van der Waals surface area contributed by atoms with Crippen LogP contribution in [-0.4, -0.2) is 25.7 Å². The summed E-state index contributed by atoms with van der Waals surface area (Å²) < 4.78 is 48.8. The number of benzene rings is 1. The van der Waals surface area contributed by atoms with E-state index in [1.165, 1.54) is 19.2 Å². The Morgan fingerprint density at radius 3 is 2.36 bits per heavy atom. The Morgan fingerprint density at radius 1 is 1.27 bits per heavy atom. The molecule has 0 heterocycles. The molecule has 1 rings (SSSR count). The Labute approximate surface area is 127 Å². The van der Waals surface area contributed by atoms with E-state index in [0.717, 1.165) is 13.2 Å². The Morgan fingerprint density at radius 2 is 1.91 bits per heavy atom. The second kappa shape index (κ2) is 7.00. The van der Waals surface area contributed by atoms with Crippen molar-refractivity contribution in [1.29, 1.82) is 0 Å². The van der Waals surface area contributed by atoms with Crippen molar-refractivity contribution >= 4 is 11.6 Å². The van der Waals surface area contributed by atoms with Gasteiger partial charge in [-0.15, -0.1) is 0 Å². The van der Waals surface area contributed by atoms with E-state index in [9.17, 15) is 18.0 Å². The zero-order valence-electron chi connectivity index (χ0n) is 13.0. The Hall–Kier alpha value is -1.76. The van der Waals surface area contributed by atoms with Gasteiger partial charge in [0.2, 0.25) is 0 Å². The first-order valence-corrected chi connectivity index (χ1v) is 6.79. The molecule has 0 saturated carbocycles. The molecule has 0 saturated heterocycles. The predicted octanol–water partition coefficient (Wildman–Crippen LogP) is 3.86. The van der Waals surface area contributed by atoms with Gasteiger partial charge in [0.25, 0.3) is 5.91 Å². The quantitative estimate of drug-likeness (QED) is 0.866. The zero-order chi connectivity index (χ0) is 17.0. The van der Waals surface area contributed by atoms with Gasteiger partial charge in [-0.3, -0.25) is 4.79 Å². The third kappa shape index (κ3) is 4.13. The molecule has 124 valence electrons. The van der Waals surface area contributed by atoms with Crippen LogP contribution >= 0.6 is 0 Å². The number of hydrogen-bond acceptors (Lipinski definition) is 3. The van der Waals surface area contributed by atoms with Crippen molar-refractivity contribution in [2.45, 2.75) is 38.5 Å². The van der Waals surface area contributed by atoms with Gasteiger partial charge in [0.15, 0.2) is 0 Å². The lowest BCUT2D eigenvalue weighted by Crippen LogP contribution is -2.41. The number of nitrogens with one attached hydrogen (secondary N) is 1. The van der Waals surface area contributed by atoms with Crippen molar-refractivity contribution < 1.29 is 27.4 Å². The molecule has 0 bridgehead atoms. The van der Waals surface area contributed by atoms with Crippen molar-refractivity contribution in [1.82, 2.24) is 0 Å². The number of carbonyl (C=O) groups excluding carboxylic acids is 1. The van der Waals surface area contributed by atoms with Gasteiger partial charge in [-0.05, 0) is 31.5 Å². The average molecular weight is 319 g/mol. The van der Waals surface area contributed by atoms with Crippen LogP contribution in [0.1, 0.15) is 32.3 Å². The molecule has 0 fully saturated rings. The van der Waals surface area contributed by atoms with Crippen molar-refractivity contribution in [3.05, 3.63) is 23.8 Å². The molecule has 0 aliphatic carbocycles. The first-order chi connectivity index (χ1) is 10.2. The number of alkyl halides is 3. The van der Waals surface area contributed by atoms with Crippen molar-refractivity contribution in [2.24, 2.45) is 0 Å². The molecule has 7 heteroatoms. The van der Waals surface area contributed by atoms with Crippen LogP contribution in [0.2, 0.25) is 0 Å². The summed E-state index contributed by atoms with van der Waals surface area (Å²) in [5, 5.41) is 2.46. The summed E-state index contributed by atoms with van der Waals surface area (Å²) in [6.45, 7) is 3.49. The van der Waals surface area contributed by atoms with Crippen LogP contribution in [0.5, 0.6) is 5.75 Å². The van der Waals surface area contributed by atoms with Gasteiger partial charge in [-0.1, -0.05) is 13.3 Å². The molecule has 1 aromatic carbocycles. The van der Waals surface area contributed by atoms with Gasteiger partial charge >= 0.3 is 6.18 Å². The van der Waals surface area contributed by atoms with Gasteiger partial charge in [-0.25, -0.2) is 0 Å². The minimum absolute atomic E-state index is 0.0394. The van der Waals surface area contributed by atoms with Crippen LogP contribution in [0, 0.1) is 0 Å². The standard InChI is InChI=1S/C15H20F3NO3/c1-5-8-14(2,22-4)13(20)19-10-6-7-12(21-3)11(9-10)15(16,17)18/h6-7,9H,5,8H2,1-4H3,(H,19,20)/t14-/m0/s1. The summed E-state index contributed by atoms with van der Waals surface area (Å²) in [7, 11) is 2.55. The lowest BCUT2D eigenvalue weighted by atomic mass is 9.99. The average Bonchev–Trinajstić information content (AvgIpc) is 2.46. The van der Waals surface area contributed by atoms with Crippen molar-refractivity contribution in [3.8, 4) is 5.75 Å². The van der Waals surface area contributed by atoms with E-state index in [1.54, 1.807) is 6.92 Å².